The molecule has 1 aromatic rings. The van der Waals surface area contributed by atoms with Crippen LogP contribution in [-0.2, 0) is 10.2 Å². The molecule has 0 aromatic carbocycles. The molecule has 0 unspecified atom stereocenters. The number of thiazole rings is 1. The number of piperidine rings is 1. The number of rotatable bonds is 3. The number of carboxylic acid groups (broad SMARTS) is 1. The molecule has 21 heavy (non-hydrogen) atoms. The number of carbonyl (C=O) groups is 1. The van der Waals surface area contributed by atoms with E-state index in [1.807, 2.05) is 5.38 Å². The zero-order valence-electron chi connectivity index (χ0n) is 12.8. The Hall–Kier alpha value is -1.10. The molecule has 2 atom stereocenters. The summed E-state index contributed by atoms with van der Waals surface area (Å²) in [5, 5.41) is 12.3. The average molecular weight is 308 g/mol. The standard InChI is InChI=1S/C16H24N2O2S/c1-16(2,14(19)20)13-10-21-15(17-13)18-9-5-7-11-6-3-4-8-12(11)18/h10-12H,3-9H2,1-2H3,(H,19,20)/t11-,12-/m1/s1. The maximum atomic E-state index is 11.4. The van der Waals surface area contributed by atoms with Gasteiger partial charge in [-0.25, -0.2) is 4.98 Å². The molecule has 1 N–H and O–H groups in total. The van der Waals surface area contributed by atoms with E-state index in [4.69, 9.17) is 0 Å². The quantitative estimate of drug-likeness (QED) is 0.926. The van der Waals surface area contributed by atoms with Crippen molar-refractivity contribution in [2.24, 2.45) is 5.92 Å². The van der Waals surface area contributed by atoms with Crippen LogP contribution in [0.5, 0.6) is 0 Å². The summed E-state index contributed by atoms with van der Waals surface area (Å²) in [4.78, 5) is 18.5. The van der Waals surface area contributed by atoms with Gasteiger partial charge in [0.2, 0.25) is 0 Å². The zero-order valence-corrected chi connectivity index (χ0v) is 13.7. The lowest BCUT2D eigenvalue weighted by molar-refractivity contribution is -0.142. The first-order chi connectivity index (χ1) is 10.00. The van der Waals surface area contributed by atoms with Crippen molar-refractivity contribution in [3.8, 4) is 0 Å². The smallest absolute Gasteiger partial charge is 0.315 e. The number of fused-ring (bicyclic) bond motifs is 1. The van der Waals surface area contributed by atoms with E-state index in [0.29, 0.717) is 11.7 Å². The van der Waals surface area contributed by atoms with Crippen LogP contribution in [0, 0.1) is 5.92 Å². The number of aromatic nitrogens is 1. The van der Waals surface area contributed by atoms with Crippen LogP contribution in [0.3, 0.4) is 0 Å². The van der Waals surface area contributed by atoms with Crippen molar-refractivity contribution >= 4 is 22.4 Å². The van der Waals surface area contributed by atoms with E-state index >= 15 is 0 Å². The van der Waals surface area contributed by atoms with Gasteiger partial charge in [-0.3, -0.25) is 4.79 Å². The number of hydrogen-bond acceptors (Lipinski definition) is 4. The molecule has 116 valence electrons. The van der Waals surface area contributed by atoms with Crippen LogP contribution in [-0.4, -0.2) is 28.6 Å². The van der Waals surface area contributed by atoms with Crippen LogP contribution < -0.4 is 4.90 Å². The van der Waals surface area contributed by atoms with Crippen LogP contribution in [0.25, 0.3) is 0 Å². The topological polar surface area (TPSA) is 53.4 Å². The highest BCUT2D eigenvalue weighted by atomic mass is 32.1. The Balaban J connectivity index is 1.83. The van der Waals surface area contributed by atoms with E-state index in [0.717, 1.165) is 17.6 Å². The normalized spacial score (nSPS) is 26.5. The molecule has 0 spiro atoms. The monoisotopic (exact) mass is 308 g/mol. The Kier molecular flexibility index (Phi) is 3.95. The highest BCUT2D eigenvalue weighted by Crippen LogP contribution is 2.39. The van der Waals surface area contributed by atoms with Gasteiger partial charge >= 0.3 is 5.97 Å². The van der Waals surface area contributed by atoms with Gasteiger partial charge in [0.05, 0.1) is 5.69 Å². The second-order valence-electron chi connectivity index (χ2n) is 6.89. The van der Waals surface area contributed by atoms with Crippen molar-refractivity contribution in [3.05, 3.63) is 11.1 Å². The molecule has 0 amide bonds. The van der Waals surface area contributed by atoms with Gasteiger partial charge in [-0.2, -0.15) is 0 Å². The van der Waals surface area contributed by atoms with Gasteiger partial charge in [-0.05, 0) is 45.4 Å². The molecular formula is C16H24N2O2S. The van der Waals surface area contributed by atoms with Gasteiger partial charge in [-0.15, -0.1) is 11.3 Å². The Morgan fingerprint density at radius 1 is 1.33 bits per heavy atom. The molecule has 1 aromatic heterocycles. The van der Waals surface area contributed by atoms with Crippen LogP contribution in [0.2, 0.25) is 0 Å². The third-order valence-electron chi connectivity index (χ3n) is 5.16. The molecule has 1 saturated carbocycles. The molecule has 2 fully saturated rings. The lowest BCUT2D eigenvalue weighted by atomic mass is 9.78. The summed E-state index contributed by atoms with van der Waals surface area (Å²) >= 11 is 1.61. The molecule has 0 bridgehead atoms. The third-order valence-corrected chi connectivity index (χ3v) is 6.03. The summed E-state index contributed by atoms with van der Waals surface area (Å²) in [6, 6.07) is 0.624. The van der Waals surface area contributed by atoms with Gasteiger partial charge in [0.1, 0.15) is 5.41 Å². The minimum atomic E-state index is -0.906. The van der Waals surface area contributed by atoms with Gasteiger partial charge in [0, 0.05) is 18.0 Å². The molecule has 1 aliphatic heterocycles. The summed E-state index contributed by atoms with van der Waals surface area (Å²) in [5.74, 6) is 0.000807. The Morgan fingerprint density at radius 2 is 2.05 bits per heavy atom. The average Bonchev–Trinajstić information content (AvgIpc) is 2.97. The fourth-order valence-corrected chi connectivity index (χ4v) is 4.73. The van der Waals surface area contributed by atoms with Crippen LogP contribution in [0.4, 0.5) is 5.13 Å². The summed E-state index contributed by atoms with van der Waals surface area (Å²) in [7, 11) is 0. The zero-order chi connectivity index (χ0) is 15.0. The fourth-order valence-electron chi connectivity index (χ4n) is 3.66. The number of nitrogens with zero attached hydrogens (tertiary/aromatic N) is 2. The van der Waals surface area contributed by atoms with Crippen molar-refractivity contribution in [1.29, 1.82) is 0 Å². The highest BCUT2D eigenvalue weighted by Gasteiger charge is 2.36. The van der Waals surface area contributed by atoms with Crippen LogP contribution >= 0.6 is 11.3 Å². The number of hydrogen-bond donors (Lipinski definition) is 1. The Labute approximate surface area is 130 Å². The molecule has 4 nitrogen and oxygen atoms in total. The SMILES string of the molecule is CC(C)(C(=O)O)c1csc(N2CCC[C@H]3CCCC[C@H]32)n1. The summed E-state index contributed by atoms with van der Waals surface area (Å²) < 4.78 is 0. The van der Waals surface area contributed by atoms with E-state index in [9.17, 15) is 9.90 Å². The first-order valence-corrected chi connectivity index (χ1v) is 8.84. The minimum absolute atomic E-state index is 0.624. The summed E-state index contributed by atoms with van der Waals surface area (Å²) in [6.07, 6.45) is 7.88. The fraction of sp³-hybridized carbons (Fsp3) is 0.750. The number of carboxylic acids is 1. The van der Waals surface area contributed by atoms with Gasteiger partial charge in [-0.1, -0.05) is 12.8 Å². The lowest BCUT2D eigenvalue weighted by Gasteiger charge is -2.44. The summed E-state index contributed by atoms with van der Waals surface area (Å²) in [5.41, 5.74) is -0.218. The predicted molar refractivity (Wildman–Crippen MR) is 85.1 cm³/mol. The molecular weight excluding hydrogens is 284 g/mol. The molecule has 1 aliphatic carbocycles. The van der Waals surface area contributed by atoms with Gasteiger partial charge < -0.3 is 10.0 Å². The van der Waals surface area contributed by atoms with E-state index in [-0.39, 0.29) is 0 Å². The molecule has 2 aliphatic rings. The summed E-state index contributed by atoms with van der Waals surface area (Å²) in [6.45, 7) is 4.53. The second kappa shape index (κ2) is 5.59. The van der Waals surface area contributed by atoms with Crippen LogP contribution in [0.15, 0.2) is 5.38 Å². The number of aliphatic carboxylic acids is 1. The first-order valence-electron chi connectivity index (χ1n) is 7.96. The van der Waals surface area contributed by atoms with Crippen molar-refractivity contribution in [2.75, 3.05) is 11.4 Å². The Bertz CT molecular complexity index is 524. The minimum Gasteiger partial charge on any atom is -0.481 e. The maximum Gasteiger partial charge on any atom is 0.315 e. The van der Waals surface area contributed by atoms with Crippen molar-refractivity contribution < 1.29 is 9.90 Å². The molecule has 3 rings (SSSR count). The molecule has 2 heterocycles. The van der Waals surface area contributed by atoms with Crippen LogP contribution in [0.1, 0.15) is 58.1 Å². The van der Waals surface area contributed by atoms with E-state index in [1.54, 1.807) is 25.2 Å². The van der Waals surface area contributed by atoms with E-state index in [1.165, 1.54) is 38.5 Å². The van der Waals surface area contributed by atoms with E-state index < -0.39 is 11.4 Å². The Morgan fingerprint density at radius 3 is 2.81 bits per heavy atom. The molecule has 5 heteroatoms. The van der Waals surface area contributed by atoms with Gasteiger partial charge in [0.15, 0.2) is 5.13 Å². The van der Waals surface area contributed by atoms with Crippen molar-refractivity contribution in [2.45, 2.75) is 63.8 Å². The second-order valence-corrected chi connectivity index (χ2v) is 7.73. The third kappa shape index (κ3) is 2.68. The highest BCUT2D eigenvalue weighted by molar-refractivity contribution is 7.13. The largest absolute Gasteiger partial charge is 0.481 e. The van der Waals surface area contributed by atoms with E-state index in [2.05, 4.69) is 9.88 Å². The predicted octanol–water partition coefficient (Wildman–Crippen LogP) is 3.66. The molecule has 0 radical (unpaired) electrons. The maximum absolute atomic E-state index is 11.4. The van der Waals surface area contributed by atoms with Crippen molar-refractivity contribution in [3.63, 3.8) is 0 Å². The first kappa shape index (κ1) is 14.8. The molecule has 1 saturated heterocycles. The van der Waals surface area contributed by atoms with Crippen molar-refractivity contribution in [1.82, 2.24) is 4.98 Å². The number of anilines is 1. The van der Waals surface area contributed by atoms with Gasteiger partial charge in [0.25, 0.3) is 0 Å². The lowest BCUT2D eigenvalue weighted by Crippen LogP contribution is -2.47.